The van der Waals surface area contributed by atoms with E-state index in [2.05, 4.69) is 4.98 Å². The number of hydrogen-bond acceptors (Lipinski definition) is 4. The maximum atomic E-state index is 12.7. The van der Waals surface area contributed by atoms with Gasteiger partial charge in [-0.3, -0.25) is 0 Å². The molecule has 0 atom stereocenters. The fourth-order valence-electron chi connectivity index (χ4n) is 1.90. The van der Waals surface area contributed by atoms with E-state index in [0.29, 0.717) is 6.42 Å². The normalized spacial score (nSPS) is 11.5. The number of benzene rings is 1. The van der Waals surface area contributed by atoms with Crippen molar-refractivity contribution in [2.24, 2.45) is 0 Å². The van der Waals surface area contributed by atoms with Crippen molar-refractivity contribution in [2.45, 2.75) is 26.4 Å². The van der Waals surface area contributed by atoms with Crippen LogP contribution < -0.4 is 0 Å². The fourth-order valence-corrected chi connectivity index (χ4v) is 1.90. The molecule has 1 aromatic heterocycles. The van der Waals surface area contributed by atoms with Crippen molar-refractivity contribution in [2.75, 3.05) is 6.61 Å². The maximum Gasteiger partial charge on any atom is 0.416 e. The van der Waals surface area contributed by atoms with Gasteiger partial charge in [0, 0.05) is 12.0 Å². The molecule has 0 fully saturated rings. The molecule has 1 aromatic carbocycles. The first-order valence-corrected chi connectivity index (χ1v) is 6.71. The number of halogens is 3. The summed E-state index contributed by atoms with van der Waals surface area (Å²) in [5, 5.41) is 0. The number of rotatable bonds is 4. The standard InChI is InChI=1S/C15H14F3NO3/c1-3-11-12(14(20)21-4-2)19-13(22-11)9-6-5-7-10(8-9)15(16,17)18/h5-8H,3-4H2,1-2H3. The van der Waals surface area contributed by atoms with Gasteiger partial charge in [-0.2, -0.15) is 13.2 Å². The van der Waals surface area contributed by atoms with Crippen LogP contribution in [0.4, 0.5) is 13.2 Å². The van der Waals surface area contributed by atoms with Gasteiger partial charge in [-0.05, 0) is 25.1 Å². The Morgan fingerprint density at radius 3 is 2.64 bits per heavy atom. The lowest BCUT2D eigenvalue weighted by Crippen LogP contribution is -2.07. The second-order valence-corrected chi connectivity index (χ2v) is 4.44. The molecule has 0 bridgehead atoms. The predicted molar refractivity (Wildman–Crippen MR) is 72.3 cm³/mol. The van der Waals surface area contributed by atoms with Crippen molar-refractivity contribution >= 4 is 5.97 Å². The van der Waals surface area contributed by atoms with Crippen LogP contribution in [0.3, 0.4) is 0 Å². The van der Waals surface area contributed by atoms with Crippen molar-refractivity contribution in [1.29, 1.82) is 0 Å². The third-order valence-electron chi connectivity index (χ3n) is 2.92. The Morgan fingerprint density at radius 2 is 2.05 bits per heavy atom. The van der Waals surface area contributed by atoms with E-state index in [1.807, 2.05) is 0 Å². The molecule has 0 saturated carbocycles. The highest BCUT2D eigenvalue weighted by Crippen LogP contribution is 2.32. The maximum absolute atomic E-state index is 12.7. The molecule has 22 heavy (non-hydrogen) atoms. The monoisotopic (exact) mass is 313 g/mol. The lowest BCUT2D eigenvalue weighted by atomic mass is 10.1. The van der Waals surface area contributed by atoms with E-state index < -0.39 is 17.7 Å². The van der Waals surface area contributed by atoms with E-state index >= 15 is 0 Å². The van der Waals surface area contributed by atoms with Crippen molar-refractivity contribution in [3.05, 3.63) is 41.3 Å². The number of nitrogens with zero attached hydrogens (tertiary/aromatic N) is 1. The smallest absolute Gasteiger partial charge is 0.416 e. The van der Waals surface area contributed by atoms with Crippen molar-refractivity contribution in [3.63, 3.8) is 0 Å². The molecule has 0 unspecified atom stereocenters. The minimum atomic E-state index is -4.46. The molecule has 0 aliphatic carbocycles. The topological polar surface area (TPSA) is 52.3 Å². The van der Waals surface area contributed by atoms with Gasteiger partial charge in [0.2, 0.25) is 5.89 Å². The van der Waals surface area contributed by atoms with Gasteiger partial charge in [-0.15, -0.1) is 0 Å². The number of oxazole rings is 1. The van der Waals surface area contributed by atoms with Gasteiger partial charge in [0.15, 0.2) is 5.69 Å². The van der Waals surface area contributed by atoms with Gasteiger partial charge in [-0.25, -0.2) is 9.78 Å². The molecule has 1 heterocycles. The minimum absolute atomic E-state index is 0.00300. The summed E-state index contributed by atoms with van der Waals surface area (Å²) >= 11 is 0. The summed E-state index contributed by atoms with van der Waals surface area (Å²) in [4.78, 5) is 15.8. The van der Waals surface area contributed by atoms with E-state index in [1.165, 1.54) is 12.1 Å². The molecular weight excluding hydrogens is 299 g/mol. The van der Waals surface area contributed by atoms with Crippen LogP contribution in [0, 0.1) is 0 Å². The van der Waals surface area contributed by atoms with E-state index in [1.54, 1.807) is 13.8 Å². The molecule has 0 amide bonds. The van der Waals surface area contributed by atoms with Crippen molar-refractivity contribution in [3.8, 4) is 11.5 Å². The molecule has 0 N–H and O–H groups in total. The van der Waals surface area contributed by atoms with Crippen LogP contribution in [-0.4, -0.2) is 17.6 Å². The largest absolute Gasteiger partial charge is 0.461 e. The average Bonchev–Trinajstić information content (AvgIpc) is 2.91. The molecule has 0 spiro atoms. The van der Waals surface area contributed by atoms with Crippen LogP contribution in [-0.2, 0) is 17.3 Å². The number of aryl methyl sites for hydroxylation is 1. The Hall–Kier alpha value is -2.31. The first-order valence-electron chi connectivity index (χ1n) is 6.71. The van der Waals surface area contributed by atoms with Gasteiger partial charge in [0.05, 0.1) is 12.2 Å². The number of alkyl halides is 3. The third kappa shape index (κ3) is 3.29. The zero-order valence-corrected chi connectivity index (χ0v) is 12.0. The second kappa shape index (κ2) is 6.21. The number of aromatic nitrogens is 1. The summed E-state index contributed by atoms with van der Waals surface area (Å²) in [6.45, 7) is 3.57. The van der Waals surface area contributed by atoms with Crippen LogP contribution in [0.2, 0.25) is 0 Å². The van der Waals surface area contributed by atoms with E-state index in [4.69, 9.17) is 9.15 Å². The summed E-state index contributed by atoms with van der Waals surface area (Å²) in [6.07, 6.45) is -4.08. The van der Waals surface area contributed by atoms with Crippen LogP contribution in [0.15, 0.2) is 28.7 Å². The Morgan fingerprint density at radius 1 is 1.32 bits per heavy atom. The highest BCUT2D eigenvalue weighted by molar-refractivity contribution is 5.89. The van der Waals surface area contributed by atoms with Crippen LogP contribution in [0.1, 0.15) is 35.7 Å². The summed E-state index contributed by atoms with van der Waals surface area (Å²) < 4.78 is 48.5. The quantitative estimate of drug-likeness (QED) is 0.797. The fraction of sp³-hybridized carbons (Fsp3) is 0.333. The molecule has 0 saturated heterocycles. The van der Waals surface area contributed by atoms with Gasteiger partial charge < -0.3 is 9.15 Å². The molecule has 0 radical (unpaired) electrons. The molecular formula is C15H14F3NO3. The van der Waals surface area contributed by atoms with Crippen molar-refractivity contribution < 1.29 is 27.1 Å². The van der Waals surface area contributed by atoms with E-state index in [-0.39, 0.29) is 29.5 Å². The van der Waals surface area contributed by atoms with Gasteiger partial charge in [-0.1, -0.05) is 13.0 Å². The lowest BCUT2D eigenvalue weighted by molar-refractivity contribution is -0.137. The Labute approximate surface area is 124 Å². The minimum Gasteiger partial charge on any atom is -0.461 e. The average molecular weight is 313 g/mol. The molecule has 2 aromatic rings. The SMILES string of the molecule is CCOC(=O)c1nc(-c2cccc(C(F)(F)F)c2)oc1CC. The summed E-state index contributed by atoms with van der Waals surface area (Å²) in [7, 11) is 0. The Bertz CT molecular complexity index is 677. The Kier molecular flexibility index (Phi) is 4.54. The number of carbonyl (C=O) groups excluding carboxylic acids is 1. The molecule has 2 rings (SSSR count). The third-order valence-corrected chi connectivity index (χ3v) is 2.92. The molecule has 7 heteroatoms. The predicted octanol–water partition coefficient (Wildman–Crippen LogP) is 4.10. The number of hydrogen-bond donors (Lipinski definition) is 0. The number of esters is 1. The zero-order valence-electron chi connectivity index (χ0n) is 12.0. The summed E-state index contributed by atoms with van der Waals surface area (Å²) in [5.74, 6) is -0.404. The van der Waals surface area contributed by atoms with E-state index in [9.17, 15) is 18.0 Å². The zero-order chi connectivity index (χ0) is 16.3. The summed E-state index contributed by atoms with van der Waals surface area (Å²) in [5.41, 5.74) is -0.657. The number of ether oxygens (including phenoxy) is 1. The second-order valence-electron chi connectivity index (χ2n) is 4.44. The molecule has 118 valence electrons. The van der Waals surface area contributed by atoms with Crippen molar-refractivity contribution in [1.82, 2.24) is 4.98 Å². The van der Waals surface area contributed by atoms with Crippen LogP contribution >= 0.6 is 0 Å². The van der Waals surface area contributed by atoms with Crippen LogP contribution in [0.25, 0.3) is 11.5 Å². The van der Waals surface area contributed by atoms with E-state index in [0.717, 1.165) is 12.1 Å². The Balaban J connectivity index is 2.44. The van der Waals surface area contributed by atoms with Crippen LogP contribution in [0.5, 0.6) is 0 Å². The molecule has 0 aliphatic heterocycles. The molecule has 4 nitrogen and oxygen atoms in total. The van der Waals surface area contributed by atoms with Gasteiger partial charge >= 0.3 is 12.1 Å². The highest BCUT2D eigenvalue weighted by Gasteiger charge is 2.31. The van der Waals surface area contributed by atoms with Gasteiger partial charge in [0.1, 0.15) is 5.76 Å². The lowest BCUT2D eigenvalue weighted by Gasteiger charge is -2.06. The van der Waals surface area contributed by atoms with Gasteiger partial charge in [0.25, 0.3) is 0 Å². The first kappa shape index (κ1) is 16.1. The molecule has 0 aliphatic rings. The summed E-state index contributed by atoms with van der Waals surface area (Å²) in [6, 6.07) is 4.59. The first-order chi connectivity index (χ1) is 10.4. The number of carbonyl (C=O) groups is 1. The highest BCUT2D eigenvalue weighted by atomic mass is 19.4.